The molecule has 1 aromatic rings. The Hall–Kier alpha value is -0.740. The molecule has 0 saturated heterocycles. The van der Waals surface area contributed by atoms with Crippen LogP contribution in [-0.4, -0.2) is 9.79 Å². The maximum absolute atomic E-state index is 13.0. The van der Waals surface area contributed by atoms with Crippen molar-refractivity contribution in [2.75, 3.05) is 0 Å². The second kappa shape index (κ2) is 3.55. The summed E-state index contributed by atoms with van der Waals surface area (Å²) in [7, 11) is -4.50. The zero-order valence-corrected chi connectivity index (χ0v) is 7.54. The van der Waals surface area contributed by atoms with Crippen molar-refractivity contribution < 1.29 is 18.7 Å². The van der Waals surface area contributed by atoms with Crippen LogP contribution in [0.1, 0.15) is 5.56 Å². The summed E-state index contributed by atoms with van der Waals surface area (Å²) in [5, 5.41) is -0.593. The third-order valence-corrected chi connectivity index (χ3v) is 2.55. The number of benzene rings is 1. The molecule has 13 heavy (non-hydrogen) atoms. The standard InChI is InChI=1S/C7H9FNO3P/c8-6-3-5(4-9)1-2-7(6)13(10,11)12/h1-3H,4,9H2,(H2,10,11,12). The van der Waals surface area contributed by atoms with Gasteiger partial charge in [0.2, 0.25) is 0 Å². The van der Waals surface area contributed by atoms with Crippen LogP contribution in [0.3, 0.4) is 0 Å². The summed E-state index contributed by atoms with van der Waals surface area (Å²) in [6.07, 6.45) is 0. The number of hydrogen-bond donors (Lipinski definition) is 3. The van der Waals surface area contributed by atoms with Crippen LogP contribution in [0, 0.1) is 5.82 Å². The van der Waals surface area contributed by atoms with Crippen molar-refractivity contribution in [2.24, 2.45) is 5.73 Å². The third-order valence-electron chi connectivity index (χ3n) is 1.56. The largest absolute Gasteiger partial charge is 0.359 e. The highest BCUT2D eigenvalue weighted by molar-refractivity contribution is 7.60. The van der Waals surface area contributed by atoms with E-state index >= 15 is 0 Å². The monoisotopic (exact) mass is 205 g/mol. The van der Waals surface area contributed by atoms with E-state index in [0.29, 0.717) is 5.56 Å². The van der Waals surface area contributed by atoms with Gasteiger partial charge in [-0.2, -0.15) is 0 Å². The topological polar surface area (TPSA) is 83.6 Å². The van der Waals surface area contributed by atoms with Crippen LogP contribution < -0.4 is 11.0 Å². The minimum absolute atomic E-state index is 0.137. The first kappa shape index (κ1) is 10.3. The highest BCUT2D eigenvalue weighted by Crippen LogP contribution is 2.34. The van der Waals surface area contributed by atoms with Gasteiger partial charge in [0.15, 0.2) is 0 Å². The normalized spacial score (nSPS) is 11.7. The van der Waals surface area contributed by atoms with E-state index in [4.69, 9.17) is 15.5 Å². The fourth-order valence-corrected chi connectivity index (χ4v) is 1.53. The van der Waals surface area contributed by atoms with Gasteiger partial charge in [-0.1, -0.05) is 6.07 Å². The van der Waals surface area contributed by atoms with Crippen LogP contribution in [-0.2, 0) is 11.1 Å². The van der Waals surface area contributed by atoms with Gasteiger partial charge in [-0.15, -0.1) is 0 Å². The number of rotatable bonds is 2. The van der Waals surface area contributed by atoms with Crippen LogP contribution in [0.15, 0.2) is 18.2 Å². The van der Waals surface area contributed by atoms with Gasteiger partial charge >= 0.3 is 7.60 Å². The SMILES string of the molecule is NCc1ccc(P(=O)(O)O)c(F)c1. The molecule has 72 valence electrons. The van der Waals surface area contributed by atoms with Crippen molar-refractivity contribution in [3.63, 3.8) is 0 Å². The minimum atomic E-state index is -4.50. The molecule has 1 rings (SSSR count). The van der Waals surface area contributed by atoms with Crippen LogP contribution >= 0.6 is 7.60 Å². The van der Waals surface area contributed by atoms with E-state index in [2.05, 4.69) is 0 Å². The Morgan fingerprint density at radius 3 is 2.46 bits per heavy atom. The van der Waals surface area contributed by atoms with Gasteiger partial charge in [0.05, 0.1) is 5.30 Å². The van der Waals surface area contributed by atoms with E-state index in [9.17, 15) is 8.96 Å². The first-order chi connectivity index (χ1) is 5.95. The average Bonchev–Trinajstić information content (AvgIpc) is 2.01. The summed E-state index contributed by atoms with van der Waals surface area (Å²) in [4.78, 5) is 17.3. The molecule has 0 spiro atoms. The van der Waals surface area contributed by atoms with Crippen LogP contribution in [0.4, 0.5) is 4.39 Å². The molecule has 0 atom stereocenters. The third kappa shape index (κ3) is 2.35. The fraction of sp³-hybridized carbons (Fsp3) is 0.143. The van der Waals surface area contributed by atoms with Gasteiger partial charge in [0.25, 0.3) is 0 Å². The zero-order valence-electron chi connectivity index (χ0n) is 6.64. The molecule has 0 bridgehead atoms. The summed E-state index contributed by atoms with van der Waals surface area (Å²) in [5.74, 6) is -0.920. The second-order valence-corrected chi connectivity index (χ2v) is 4.10. The van der Waals surface area contributed by atoms with Gasteiger partial charge in [-0.25, -0.2) is 4.39 Å². The summed E-state index contributed by atoms with van der Waals surface area (Å²) in [5.41, 5.74) is 5.71. The quantitative estimate of drug-likeness (QED) is 0.597. The highest BCUT2D eigenvalue weighted by Gasteiger charge is 2.21. The lowest BCUT2D eigenvalue weighted by Crippen LogP contribution is -2.10. The number of halogens is 1. The van der Waals surface area contributed by atoms with E-state index in [1.807, 2.05) is 0 Å². The Kier molecular flexibility index (Phi) is 2.83. The number of hydrogen-bond acceptors (Lipinski definition) is 2. The molecular formula is C7H9FNO3P. The van der Waals surface area contributed by atoms with Crippen LogP contribution in [0.2, 0.25) is 0 Å². The Bertz CT molecular complexity index is 363. The first-order valence-corrected chi connectivity index (χ1v) is 5.11. The highest BCUT2D eigenvalue weighted by atomic mass is 31.2. The Morgan fingerprint density at radius 1 is 1.46 bits per heavy atom. The molecule has 0 aromatic heterocycles. The lowest BCUT2D eigenvalue weighted by atomic mass is 10.2. The minimum Gasteiger partial charge on any atom is -0.326 e. The maximum Gasteiger partial charge on any atom is 0.359 e. The van der Waals surface area contributed by atoms with Crippen LogP contribution in [0.5, 0.6) is 0 Å². The molecule has 0 unspecified atom stereocenters. The zero-order chi connectivity index (χ0) is 10.1. The van der Waals surface area contributed by atoms with Crippen LogP contribution in [0.25, 0.3) is 0 Å². The Balaban J connectivity index is 3.21. The lowest BCUT2D eigenvalue weighted by molar-refractivity contribution is 0.385. The molecule has 1 aromatic carbocycles. The molecule has 4 N–H and O–H groups in total. The van der Waals surface area contributed by atoms with Crippen molar-refractivity contribution in [1.29, 1.82) is 0 Å². The fourth-order valence-electron chi connectivity index (χ4n) is 0.914. The molecule has 0 aliphatic rings. The van der Waals surface area contributed by atoms with Crippen molar-refractivity contribution in [3.8, 4) is 0 Å². The molecule has 4 nitrogen and oxygen atoms in total. The molecule has 0 heterocycles. The molecule has 0 amide bonds. The first-order valence-electron chi connectivity index (χ1n) is 3.49. The van der Waals surface area contributed by atoms with E-state index in [1.165, 1.54) is 6.07 Å². The molecule has 0 radical (unpaired) electrons. The average molecular weight is 205 g/mol. The summed E-state index contributed by atoms with van der Waals surface area (Å²) in [6, 6.07) is 3.46. The van der Waals surface area contributed by atoms with Gasteiger partial charge in [-0.3, -0.25) is 4.57 Å². The predicted molar refractivity (Wildman–Crippen MR) is 46.0 cm³/mol. The molecule has 6 heteroatoms. The second-order valence-electron chi connectivity index (χ2n) is 2.53. The molecule has 0 saturated carbocycles. The van der Waals surface area contributed by atoms with Crippen molar-refractivity contribution >= 4 is 12.9 Å². The van der Waals surface area contributed by atoms with E-state index in [0.717, 1.165) is 12.1 Å². The summed E-state index contributed by atoms with van der Waals surface area (Å²) in [6.45, 7) is 0.137. The van der Waals surface area contributed by atoms with E-state index in [1.54, 1.807) is 0 Å². The van der Waals surface area contributed by atoms with Gasteiger partial charge in [0.1, 0.15) is 5.82 Å². The molecular weight excluding hydrogens is 196 g/mol. The molecule has 0 aliphatic heterocycles. The van der Waals surface area contributed by atoms with Crippen molar-refractivity contribution in [2.45, 2.75) is 6.54 Å². The summed E-state index contributed by atoms with van der Waals surface area (Å²) < 4.78 is 23.7. The number of nitrogens with two attached hydrogens (primary N) is 1. The lowest BCUT2D eigenvalue weighted by Gasteiger charge is -2.05. The van der Waals surface area contributed by atoms with Gasteiger partial charge in [-0.05, 0) is 17.7 Å². The van der Waals surface area contributed by atoms with Crippen molar-refractivity contribution in [1.82, 2.24) is 0 Å². The Morgan fingerprint density at radius 2 is 2.08 bits per heavy atom. The van der Waals surface area contributed by atoms with Crippen molar-refractivity contribution in [3.05, 3.63) is 29.6 Å². The van der Waals surface area contributed by atoms with Gasteiger partial charge in [0, 0.05) is 6.54 Å². The molecule has 0 fully saturated rings. The Labute approximate surface area is 74.4 Å². The van der Waals surface area contributed by atoms with Gasteiger partial charge < -0.3 is 15.5 Å². The summed E-state index contributed by atoms with van der Waals surface area (Å²) >= 11 is 0. The maximum atomic E-state index is 13.0. The molecule has 0 aliphatic carbocycles. The van der Waals surface area contributed by atoms with E-state index < -0.39 is 18.7 Å². The predicted octanol–water partition coefficient (Wildman–Crippen LogP) is 0.0874. The van der Waals surface area contributed by atoms with E-state index in [-0.39, 0.29) is 6.54 Å². The smallest absolute Gasteiger partial charge is 0.326 e.